The number of esters is 1. The molecule has 1 unspecified atom stereocenters. The molecule has 2 aliphatic carbocycles. The standard InChI is InChI=1S/C22H23N3O3/c1-3-28-21(26)22(13-24)17(12-23)20(25)15-9-5-4-8-14(15)19(22)16-10-6-7-11-18(16)27-2/h6-7,9-11,14,17,19,25H,3-5,8H2,1-2H3/t14-,17?,19-,22+/m1/s1. The molecular weight excluding hydrogens is 354 g/mol. The smallest absolute Gasteiger partial charge is 0.328 e. The van der Waals surface area contributed by atoms with E-state index in [-0.39, 0.29) is 18.2 Å². The average Bonchev–Trinajstić information content (AvgIpc) is 2.73. The Morgan fingerprint density at radius 3 is 2.75 bits per heavy atom. The number of nitrogens with one attached hydrogen (secondary N) is 1. The second-order valence-corrected chi connectivity index (χ2v) is 7.09. The Kier molecular flexibility index (Phi) is 5.51. The molecule has 0 heterocycles. The molecule has 1 aromatic carbocycles. The lowest BCUT2D eigenvalue weighted by Crippen LogP contribution is -2.54. The predicted molar refractivity (Wildman–Crippen MR) is 103 cm³/mol. The van der Waals surface area contributed by atoms with Gasteiger partial charge in [-0.25, -0.2) is 0 Å². The summed E-state index contributed by atoms with van der Waals surface area (Å²) in [6.07, 6.45) is 4.44. The van der Waals surface area contributed by atoms with Crippen molar-refractivity contribution >= 4 is 11.7 Å². The molecule has 0 saturated heterocycles. The Morgan fingerprint density at radius 2 is 2.11 bits per heavy atom. The first kappa shape index (κ1) is 19.6. The normalized spacial score (nSPS) is 28.9. The first-order chi connectivity index (χ1) is 13.6. The van der Waals surface area contributed by atoms with E-state index in [1.54, 1.807) is 20.1 Å². The minimum Gasteiger partial charge on any atom is -0.496 e. The second kappa shape index (κ2) is 7.86. The molecule has 1 N–H and O–H groups in total. The van der Waals surface area contributed by atoms with Gasteiger partial charge in [0.1, 0.15) is 11.7 Å². The van der Waals surface area contributed by atoms with Gasteiger partial charge in [-0.2, -0.15) is 10.5 Å². The molecule has 1 aromatic rings. The Hall–Kier alpha value is -3.12. The van der Waals surface area contributed by atoms with Gasteiger partial charge in [0.15, 0.2) is 5.41 Å². The molecule has 0 radical (unpaired) electrons. The average molecular weight is 377 g/mol. The summed E-state index contributed by atoms with van der Waals surface area (Å²) in [6, 6.07) is 11.5. The van der Waals surface area contributed by atoms with Crippen LogP contribution in [0.2, 0.25) is 0 Å². The predicted octanol–water partition coefficient (Wildman–Crippen LogP) is 3.75. The maximum Gasteiger partial charge on any atom is 0.328 e. The van der Waals surface area contributed by atoms with Crippen LogP contribution in [0.25, 0.3) is 0 Å². The lowest BCUT2D eigenvalue weighted by molar-refractivity contribution is -0.155. The van der Waals surface area contributed by atoms with Crippen LogP contribution in [0.1, 0.15) is 37.7 Å². The highest BCUT2D eigenvalue weighted by Crippen LogP contribution is 2.58. The zero-order chi connectivity index (χ0) is 20.3. The molecule has 0 bridgehead atoms. The van der Waals surface area contributed by atoms with Crippen LogP contribution in [-0.4, -0.2) is 25.4 Å². The SMILES string of the molecule is CCOC(=O)[C@@]1(C#N)C(C#N)C(=N)C2=CCCC[C@H]2[C@@H]1c1ccccc1OC. The Labute approximate surface area is 164 Å². The molecule has 6 heteroatoms. The van der Waals surface area contributed by atoms with E-state index in [1.807, 2.05) is 24.3 Å². The van der Waals surface area contributed by atoms with Gasteiger partial charge < -0.3 is 14.9 Å². The van der Waals surface area contributed by atoms with Gasteiger partial charge >= 0.3 is 5.97 Å². The lowest BCUT2D eigenvalue weighted by Gasteiger charge is -2.47. The van der Waals surface area contributed by atoms with Gasteiger partial charge in [0.2, 0.25) is 0 Å². The number of ether oxygens (including phenoxy) is 2. The zero-order valence-electron chi connectivity index (χ0n) is 16.1. The van der Waals surface area contributed by atoms with Gasteiger partial charge in [-0.15, -0.1) is 0 Å². The Bertz CT molecular complexity index is 908. The number of benzene rings is 1. The summed E-state index contributed by atoms with van der Waals surface area (Å²) >= 11 is 0. The van der Waals surface area contributed by atoms with E-state index >= 15 is 0 Å². The summed E-state index contributed by atoms with van der Waals surface area (Å²) in [7, 11) is 1.54. The highest BCUT2D eigenvalue weighted by Gasteiger charge is 2.63. The third-order valence-electron chi connectivity index (χ3n) is 5.83. The van der Waals surface area contributed by atoms with E-state index in [2.05, 4.69) is 12.1 Å². The molecule has 0 aliphatic heterocycles. The number of fused-ring (bicyclic) bond motifs is 1. The molecule has 0 amide bonds. The maximum absolute atomic E-state index is 13.2. The van der Waals surface area contributed by atoms with E-state index in [9.17, 15) is 15.3 Å². The fourth-order valence-corrected chi connectivity index (χ4v) is 4.68. The maximum atomic E-state index is 13.2. The topological polar surface area (TPSA) is 107 Å². The van der Waals surface area contributed by atoms with Crippen molar-refractivity contribution in [2.75, 3.05) is 13.7 Å². The van der Waals surface area contributed by atoms with Crippen LogP contribution < -0.4 is 4.74 Å². The molecule has 1 saturated carbocycles. The summed E-state index contributed by atoms with van der Waals surface area (Å²) in [6.45, 7) is 1.77. The highest BCUT2D eigenvalue weighted by atomic mass is 16.5. The second-order valence-electron chi connectivity index (χ2n) is 7.09. The molecule has 1 fully saturated rings. The molecule has 4 atom stereocenters. The van der Waals surface area contributed by atoms with Gasteiger partial charge in [-0.1, -0.05) is 24.3 Å². The number of carbonyl (C=O) groups excluding carboxylic acids is 1. The summed E-state index contributed by atoms with van der Waals surface area (Å²) in [5.74, 6) is -2.22. The van der Waals surface area contributed by atoms with Crippen LogP contribution in [0, 0.1) is 45.3 Å². The van der Waals surface area contributed by atoms with Crippen molar-refractivity contribution in [2.45, 2.75) is 32.1 Å². The Morgan fingerprint density at radius 1 is 1.36 bits per heavy atom. The van der Waals surface area contributed by atoms with Gasteiger partial charge in [-0.3, -0.25) is 4.79 Å². The highest BCUT2D eigenvalue weighted by molar-refractivity contribution is 6.07. The number of hydrogen-bond donors (Lipinski definition) is 1. The molecule has 3 rings (SSSR count). The summed E-state index contributed by atoms with van der Waals surface area (Å²) in [5.41, 5.74) is -0.266. The first-order valence-corrected chi connectivity index (χ1v) is 9.46. The fourth-order valence-electron chi connectivity index (χ4n) is 4.68. The van der Waals surface area contributed by atoms with E-state index in [1.165, 1.54) is 0 Å². The molecule has 144 valence electrons. The van der Waals surface area contributed by atoms with Gasteiger partial charge in [0.25, 0.3) is 0 Å². The summed E-state index contributed by atoms with van der Waals surface area (Å²) in [5, 5.41) is 28.8. The van der Waals surface area contributed by atoms with Crippen molar-refractivity contribution in [3.05, 3.63) is 41.5 Å². The zero-order valence-corrected chi connectivity index (χ0v) is 16.1. The number of rotatable bonds is 4. The lowest BCUT2D eigenvalue weighted by atomic mass is 9.51. The van der Waals surface area contributed by atoms with E-state index in [0.29, 0.717) is 11.3 Å². The van der Waals surface area contributed by atoms with E-state index in [4.69, 9.17) is 14.9 Å². The monoisotopic (exact) mass is 377 g/mol. The molecule has 0 spiro atoms. The molecule has 6 nitrogen and oxygen atoms in total. The number of nitrogens with zero attached hydrogens (tertiary/aromatic N) is 2. The third-order valence-corrected chi connectivity index (χ3v) is 5.83. The van der Waals surface area contributed by atoms with Crippen LogP contribution in [0.4, 0.5) is 0 Å². The largest absolute Gasteiger partial charge is 0.496 e. The Balaban J connectivity index is 2.34. The van der Waals surface area contributed by atoms with Crippen molar-refractivity contribution in [2.24, 2.45) is 17.3 Å². The molecule has 0 aromatic heterocycles. The van der Waals surface area contributed by atoms with E-state index in [0.717, 1.165) is 24.8 Å². The van der Waals surface area contributed by atoms with Crippen molar-refractivity contribution < 1.29 is 14.3 Å². The third kappa shape index (κ3) is 2.77. The number of para-hydroxylation sites is 1. The molecular formula is C22H23N3O3. The number of methoxy groups -OCH3 is 1. The quantitative estimate of drug-likeness (QED) is 0.804. The number of carbonyl (C=O) groups is 1. The first-order valence-electron chi connectivity index (χ1n) is 9.46. The van der Waals surface area contributed by atoms with Crippen LogP contribution in [0.15, 0.2) is 35.9 Å². The van der Waals surface area contributed by atoms with Crippen molar-refractivity contribution in [3.8, 4) is 17.9 Å². The van der Waals surface area contributed by atoms with Crippen LogP contribution in [0.3, 0.4) is 0 Å². The van der Waals surface area contributed by atoms with Crippen molar-refractivity contribution in [3.63, 3.8) is 0 Å². The van der Waals surface area contributed by atoms with Gasteiger partial charge in [0, 0.05) is 11.5 Å². The number of allylic oxidation sites excluding steroid dienone is 2. The van der Waals surface area contributed by atoms with Crippen molar-refractivity contribution in [1.82, 2.24) is 0 Å². The summed E-state index contributed by atoms with van der Waals surface area (Å²) < 4.78 is 10.8. The van der Waals surface area contributed by atoms with Crippen LogP contribution >= 0.6 is 0 Å². The number of hydrogen-bond acceptors (Lipinski definition) is 6. The van der Waals surface area contributed by atoms with Crippen LogP contribution in [-0.2, 0) is 9.53 Å². The molecule has 28 heavy (non-hydrogen) atoms. The van der Waals surface area contributed by atoms with Gasteiger partial charge in [0.05, 0.1) is 31.6 Å². The minimum absolute atomic E-state index is 0.0629. The number of nitriles is 2. The van der Waals surface area contributed by atoms with Gasteiger partial charge in [-0.05, 0) is 43.7 Å². The van der Waals surface area contributed by atoms with Crippen molar-refractivity contribution in [1.29, 1.82) is 15.9 Å². The fraction of sp³-hybridized carbons (Fsp3) is 0.455. The van der Waals surface area contributed by atoms with Crippen LogP contribution in [0.5, 0.6) is 5.75 Å². The molecule has 2 aliphatic rings. The summed E-state index contributed by atoms with van der Waals surface area (Å²) in [4.78, 5) is 13.2. The van der Waals surface area contributed by atoms with E-state index < -0.39 is 23.2 Å². The minimum atomic E-state index is -1.80.